The van der Waals surface area contributed by atoms with Crippen LogP contribution in [0.2, 0.25) is 0 Å². The molecule has 0 saturated heterocycles. The Morgan fingerprint density at radius 2 is 1.88 bits per heavy atom. The minimum atomic E-state index is -0.471. The van der Waals surface area contributed by atoms with Crippen LogP contribution in [-0.2, 0) is 0 Å². The highest BCUT2D eigenvalue weighted by Gasteiger charge is 2.19. The van der Waals surface area contributed by atoms with Crippen LogP contribution in [0.25, 0.3) is 16.9 Å². The molecule has 0 aliphatic heterocycles. The Morgan fingerprint density at radius 3 is 2.52 bits per heavy atom. The lowest BCUT2D eigenvalue weighted by Gasteiger charge is -2.19. The Kier molecular flexibility index (Phi) is 4.49. The number of benzene rings is 1. The number of aryl methyl sites for hydroxylation is 1. The zero-order chi connectivity index (χ0) is 18.4. The number of thioether (sulfide) groups is 1. The van der Waals surface area contributed by atoms with Gasteiger partial charge in [0, 0.05) is 22.6 Å². The highest BCUT2D eigenvalue weighted by Crippen LogP contribution is 2.39. The standard InChI is InChI=1S/C19H20F2N2OS/c1-11-6-12(20)7-13(18(11)21)14-9-22-17-8-15(24-5)16(10-23(14)17)25-19(2,3)4/h6-10H,1-5H3. The fraction of sp³-hybridized carbons (Fsp3) is 0.316. The van der Waals surface area contributed by atoms with E-state index in [9.17, 15) is 8.78 Å². The maximum Gasteiger partial charge on any atom is 0.140 e. The van der Waals surface area contributed by atoms with Gasteiger partial charge in [0.2, 0.25) is 0 Å². The number of nitrogens with zero attached hydrogens (tertiary/aromatic N) is 2. The van der Waals surface area contributed by atoms with E-state index in [4.69, 9.17) is 4.74 Å². The van der Waals surface area contributed by atoms with Gasteiger partial charge in [-0.25, -0.2) is 13.8 Å². The second-order valence-electron chi connectivity index (χ2n) is 6.88. The van der Waals surface area contributed by atoms with Crippen LogP contribution in [0.4, 0.5) is 8.78 Å². The van der Waals surface area contributed by atoms with Crippen LogP contribution in [0.15, 0.2) is 35.5 Å². The van der Waals surface area contributed by atoms with E-state index in [1.54, 1.807) is 36.4 Å². The molecule has 0 saturated carbocycles. The van der Waals surface area contributed by atoms with Crippen molar-refractivity contribution in [2.75, 3.05) is 7.11 Å². The highest BCUT2D eigenvalue weighted by atomic mass is 32.2. The first-order chi connectivity index (χ1) is 11.7. The molecule has 0 atom stereocenters. The number of hydrogen-bond acceptors (Lipinski definition) is 3. The van der Waals surface area contributed by atoms with Crippen LogP contribution in [0, 0.1) is 18.6 Å². The number of rotatable bonds is 3. The quantitative estimate of drug-likeness (QED) is 0.577. The second-order valence-corrected chi connectivity index (χ2v) is 8.75. The smallest absolute Gasteiger partial charge is 0.140 e. The number of fused-ring (bicyclic) bond motifs is 1. The third-order valence-corrected chi connectivity index (χ3v) is 4.85. The van der Waals surface area contributed by atoms with E-state index < -0.39 is 11.6 Å². The summed E-state index contributed by atoms with van der Waals surface area (Å²) in [6, 6.07) is 4.19. The van der Waals surface area contributed by atoms with Gasteiger partial charge >= 0.3 is 0 Å². The van der Waals surface area contributed by atoms with Crippen molar-refractivity contribution >= 4 is 17.4 Å². The van der Waals surface area contributed by atoms with Crippen molar-refractivity contribution in [2.24, 2.45) is 0 Å². The van der Waals surface area contributed by atoms with Crippen molar-refractivity contribution in [1.29, 1.82) is 0 Å². The predicted molar refractivity (Wildman–Crippen MR) is 97.4 cm³/mol. The Bertz CT molecular complexity index is 945. The average Bonchev–Trinajstić information content (AvgIpc) is 2.91. The molecule has 0 fully saturated rings. The molecule has 0 amide bonds. The predicted octanol–water partition coefficient (Wildman–Crippen LogP) is 5.49. The van der Waals surface area contributed by atoms with E-state index in [0.717, 1.165) is 4.90 Å². The highest BCUT2D eigenvalue weighted by molar-refractivity contribution is 8.00. The topological polar surface area (TPSA) is 26.5 Å². The molecule has 2 aromatic heterocycles. The van der Waals surface area contributed by atoms with Crippen molar-refractivity contribution < 1.29 is 13.5 Å². The maximum atomic E-state index is 14.6. The molecule has 0 spiro atoms. The number of aromatic nitrogens is 2. The van der Waals surface area contributed by atoms with E-state index in [0.29, 0.717) is 17.1 Å². The van der Waals surface area contributed by atoms with Crippen molar-refractivity contribution in [3.8, 4) is 17.0 Å². The SMILES string of the molecule is COc1cc2ncc(-c3cc(F)cc(C)c3F)n2cc1SC(C)(C)C. The number of ether oxygens (including phenoxy) is 1. The minimum Gasteiger partial charge on any atom is -0.495 e. The van der Waals surface area contributed by atoms with Crippen LogP contribution in [-0.4, -0.2) is 21.2 Å². The van der Waals surface area contributed by atoms with E-state index in [2.05, 4.69) is 25.8 Å². The molecule has 0 N–H and O–H groups in total. The molecule has 2 heterocycles. The maximum absolute atomic E-state index is 14.6. The lowest BCUT2D eigenvalue weighted by molar-refractivity contribution is 0.404. The first-order valence-corrected chi connectivity index (χ1v) is 8.71. The number of methoxy groups -OCH3 is 1. The third-order valence-electron chi connectivity index (χ3n) is 3.71. The molecule has 3 rings (SSSR count). The summed E-state index contributed by atoms with van der Waals surface area (Å²) in [5.74, 6) is -0.203. The molecule has 6 heteroatoms. The number of halogens is 2. The van der Waals surface area contributed by atoms with Gasteiger partial charge in [-0.15, -0.1) is 11.8 Å². The molecule has 25 heavy (non-hydrogen) atoms. The Labute approximate surface area is 150 Å². The van der Waals surface area contributed by atoms with Crippen molar-refractivity contribution in [1.82, 2.24) is 9.38 Å². The summed E-state index contributed by atoms with van der Waals surface area (Å²) in [7, 11) is 1.61. The number of pyridine rings is 1. The fourth-order valence-corrected chi connectivity index (χ4v) is 3.72. The van der Waals surface area contributed by atoms with Gasteiger partial charge in [-0.3, -0.25) is 4.40 Å². The van der Waals surface area contributed by atoms with Crippen LogP contribution in [0.1, 0.15) is 26.3 Å². The lowest BCUT2D eigenvalue weighted by atomic mass is 10.1. The van der Waals surface area contributed by atoms with E-state index in [-0.39, 0.29) is 15.9 Å². The summed E-state index contributed by atoms with van der Waals surface area (Å²) in [4.78, 5) is 5.24. The van der Waals surface area contributed by atoms with Gasteiger partial charge in [0.15, 0.2) is 0 Å². The first kappa shape index (κ1) is 17.7. The largest absolute Gasteiger partial charge is 0.495 e. The van der Waals surface area contributed by atoms with Crippen LogP contribution in [0.5, 0.6) is 5.75 Å². The summed E-state index contributed by atoms with van der Waals surface area (Å²) in [5, 5.41) is 0. The van der Waals surface area contributed by atoms with Crippen molar-refractivity contribution in [2.45, 2.75) is 37.3 Å². The van der Waals surface area contributed by atoms with E-state index in [1.165, 1.54) is 12.1 Å². The third kappa shape index (κ3) is 3.49. The van der Waals surface area contributed by atoms with Gasteiger partial charge in [-0.2, -0.15) is 0 Å². The van der Waals surface area contributed by atoms with Gasteiger partial charge in [-0.05, 0) is 24.6 Å². The molecule has 0 bridgehead atoms. The molecular weight excluding hydrogens is 342 g/mol. The molecule has 0 aliphatic carbocycles. The summed E-state index contributed by atoms with van der Waals surface area (Å²) in [5.41, 5.74) is 1.59. The van der Waals surface area contributed by atoms with Gasteiger partial charge in [-0.1, -0.05) is 20.8 Å². The summed E-state index contributed by atoms with van der Waals surface area (Å²) < 4.78 is 35.6. The first-order valence-electron chi connectivity index (χ1n) is 7.90. The minimum absolute atomic E-state index is 0.0254. The second kappa shape index (κ2) is 6.33. The van der Waals surface area contributed by atoms with Gasteiger partial charge in [0.25, 0.3) is 0 Å². The molecule has 1 aromatic carbocycles. The molecule has 0 radical (unpaired) electrons. The van der Waals surface area contributed by atoms with Crippen LogP contribution >= 0.6 is 11.8 Å². The van der Waals surface area contributed by atoms with Crippen molar-refractivity contribution in [3.05, 3.63) is 47.8 Å². The van der Waals surface area contributed by atoms with Gasteiger partial charge in [0.1, 0.15) is 23.0 Å². The monoisotopic (exact) mass is 362 g/mol. The summed E-state index contributed by atoms with van der Waals surface area (Å²) in [6.07, 6.45) is 3.42. The fourth-order valence-electron chi connectivity index (χ4n) is 2.66. The normalized spacial score (nSPS) is 12.0. The molecule has 0 unspecified atom stereocenters. The molecular formula is C19H20F2N2OS. The van der Waals surface area contributed by atoms with Crippen LogP contribution < -0.4 is 4.74 Å². The molecule has 3 nitrogen and oxygen atoms in total. The van der Waals surface area contributed by atoms with Crippen molar-refractivity contribution in [3.63, 3.8) is 0 Å². The van der Waals surface area contributed by atoms with E-state index in [1.807, 2.05) is 12.3 Å². The molecule has 3 aromatic rings. The lowest BCUT2D eigenvalue weighted by Crippen LogP contribution is -2.08. The Hall–Kier alpha value is -2.08. The van der Waals surface area contributed by atoms with Crippen LogP contribution in [0.3, 0.4) is 0 Å². The Balaban J connectivity index is 2.23. The average molecular weight is 362 g/mol. The van der Waals surface area contributed by atoms with E-state index >= 15 is 0 Å². The Morgan fingerprint density at radius 1 is 1.16 bits per heavy atom. The summed E-state index contributed by atoms with van der Waals surface area (Å²) in [6.45, 7) is 7.86. The summed E-state index contributed by atoms with van der Waals surface area (Å²) >= 11 is 1.64. The number of hydrogen-bond donors (Lipinski definition) is 0. The zero-order valence-electron chi connectivity index (χ0n) is 14.9. The van der Waals surface area contributed by atoms with Gasteiger partial charge < -0.3 is 4.74 Å². The zero-order valence-corrected chi connectivity index (χ0v) is 15.7. The number of imidazole rings is 1. The van der Waals surface area contributed by atoms with Gasteiger partial charge in [0.05, 0.1) is 23.9 Å². The molecule has 132 valence electrons. The molecule has 0 aliphatic rings.